The van der Waals surface area contributed by atoms with Crippen LogP contribution in [0.15, 0.2) is 90.1 Å². The molecule has 3 atom stereocenters. The molecule has 4 aromatic carbocycles. The Morgan fingerprint density at radius 1 is 0.861 bits per heavy atom. The zero-order valence-electron chi connectivity index (χ0n) is 19.3. The third-order valence-corrected chi connectivity index (χ3v) is 6.35. The Morgan fingerprint density at radius 3 is 1.94 bits per heavy atom. The zero-order valence-corrected chi connectivity index (χ0v) is 20.9. The summed E-state index contributed by atoms with van der Waals surface area (Å²) in [5.41, 5.74) is 0.623. The fraction of sp³-hybridized carbons (Fsp3) is 0.179. The lowest BCUT2D eigenvalue weighted by atomic mass is 10.1. The highest BCUT2D eigenvalue weighted by Crippen LogP contribution is 2.22. The van der Waals surface area contributed by atoms with E-state index in [1.807, 2.05) is 54.6 Å². The number of hydrogen-bond donors (Lipinski definition) is 0. The van der Waals surface area contributed by atoms with E-state index in [0.29, 0.717) is 5.56 Å². The van der Waals surface area contributed by atoms with Crippen molar-refractivity contribution >= 4 is 55.6 Å². The summed E-state index contributed by atoms with van der Waals surface area (Å²) in [6.07, 6.45) is -2.28. The molecule has 4 rings (SSSR count). The van der Waals surface area contributed by atoms with Crippen molar-refractivity contribution in [2.75, 3.05) is 13.7 Å². The number of ether oxygens (including phenoxy) is 2. The van der Waals surface area contributed by atoms with Crippen molar-refractivity contribution in [3.63, 3.8) is 0 Å². The molecular formula is C28H23BrFNO5. The number of carbonyl (C=O) groups excluding carboxylic acids is 2. The van der Waals surface area contributed by atoms with Gasteiger partial charge in [0, 0.05) is 0 Å². The van der Waals surface area contributed by atoms with Crippen molar-refractivity contribution in [1.82, 2.24) is 0 Å². The number of halogens is 2. The van der Waals surface area contributed by atoms with Crippen molar-refractivity contribution in [3.8, 4) is 0 Å². The molecule has 0 fully saturated rings. The number of alkyl halides is 2. The van der Waals surface area contributed by atoms with E-state index < -0.39 is 29.0 Å². The molecule has 0 heterocycles. The lowest BCUT2D eigenvalue weighted by Gasteiger charge is -2.24. The SMILES string of the molecule is CO/N=C/C(F)C(OC(=O)c1ccc2ccccc2c1)C(Br)COC(=O)c1ccc2ccccc2c1. The van der Waals surface area contributed by atoms with Crippen molar-refractivity contribution in [3.05, 3.63) is 96.1 Å². The van der Waals surface area contributed by atoms with Crippen LogP contribution >= 0.6 is 15.9 Å². The molecule has 184 valence electrons. The summed E-state index contributed by atoms with van der Waals surface area (Å²) >= 11 is 3.32. The molecule has 0 N–H and O–H groups in total. The Morgan fingerprint density at radius 2 is 1.39 bits per heavy atom. The Kier molecular flexibility index (Phi) is 8.28. The van der Waals surface area contributed by atoms with Crippen LogP contribution in [0.2, 0.25) is 0 Å². The fourth-order valence-corrected chi connectivity index (χ4v) is 4.23. The van der Waals surface area contributed by atoms with Gasteiger partial charge in [-0.2, -0.15) is 0 Å². The van der Waals surface area contributed by atoms with Gasteiger partial charge in [-0.1, -0.05) is 81.7 Å². The van der Waals surface area contributed by atoms with Crippen LogP contribution in [-0.2, 0) is 14.3 Å². The predicted molar refractivity (Wildman–Crippen MR) is 140 cm³/mol. The third kappa shape index (κ3) is 6.07. The maximum atomic E-state index is 15.0. The van der Waals surface area contributed by atoms with Crippen molar-refractivity contribution < 1.29 is 28.3 Å². The molecule has 4 aromatic rings. The highest BCUT2D eigenvalue weighted by Gasteiger charge is 2.33. The van der Waals surface area contributed by atoms with Gasteiger partial charge in [-0.15, -0.1) is 0 Å². The highest BCUT2D eigenvalue weighted by molar-refractivity contribution is 9.09. The minimum absolute atomic E-state index is 0.247. The molecule has 3 unspecified atom stereocenters. The van der Waals surface area contributed by atoms with Crippen molar-refractivity contribution in [2.45, 2.75) is 17.1 Å². The first-order chi connectivity index (χ1) is 17.5. The topological polar surface area (TPSA) is 74.2 Å². The Hall–Kier alpha value is -3.78. The van der Waals surface area contributed by atoms with Gasteiger partial charge in [0.05, 0.1) is 22.2 Å². The van der Waals surface area contributed by atoms with E-state index >= 15 is 0 Å². The molecule has 0 aromatic heterocycles. The largest absolute Gasteiger partial charge is 0.461 e. The van der Waals surface area contributed by atoms with Gasteiger partial charge in [-0.25, -0.2) is 14.0 Å². The van der Waals surface area contributed by atoms with Gasteiger partial charge in [-0.05, 0) is 45.8 Å². The number of rotatable bonds is 9. The van der Waals surface area contributed by atoms with Crippen LogP contribution in [0.5, 0.6) is 0 Å². The van der Waals surface area contributed by atoms with Gasteiger partial charge in [0.15, 0.2) is 12.3 Å². The summed E-state index contributed by atoms with van der Waals surface area (Å²) in [6.45, 7) is -0.247. The van der Waals surface area contributed by atoms with Gasteiger partial charge < -0.3 is 14.3 Å². The van der Waals surface area contributed by atoms with Gasteiger partial charge in [-0.3, -0.25) is 0 Å². The van der Waals surface area contributed by atoms with E-state index in [4.69, 9.17) is 9.47 Å². The standard InChI is InChI=1S/C28H23BrFNO5/c1-34-31-16-25(30)26(36-28(33)23-13-11-19-7-3-5-9-21(19)15-23)24(29)17-35-27(32)22-12-10-18-6-2-4-8-20(18)14-22/h2-16,24-26H,17H2,1H3/b31-16+. The number of esters is 2. The summed E-state index contributed by atoms with van der Waals surface area (Å²) < 4.78 is 25.9. The molecule has 0 aliphatic carbocycles. The minimum atomic E-state index is -1.82. The average molecular weight is 552 g/mol. The third-order valence-electron chi connectivity index (χ3n) is 5.57. The van der Waals surface area contributed by atoms with Gasteiger partial charge >= 0.3 is 11.9 Å². The fourth-order valence-electron chi connectivity index (χ4n) is 3.70. The quantitative estimate of drug-likeness (QED) is 0.108. The Labute approximate surface area is 215 Å². The van der Waals surface area contributed by atoms with Crippen LogP contribution < -0.4 is 0 Å². The molecule has 8 heteroatoms. The normalized spacial score (nSPS) is 13.9. The smallest absolute Gasteiger partial charge is 0.338 e. The summed E-state index contributed by atoms with van der Waals surface area (Å²) in [6, 6.07) is 25.5. The molecule has 0 aliphatic rings. The molecule has 0 saturated heterocycles. The number of fused-ring (bicyclic) bond motifs is 2. The first-order valence-corrected chi connectivity index (χ1v) is 12.1. The van der Waals surface area contributed by atoms with E-state index in [0.717, 1.165) is 27.8 Å². The van der Waals surface area contributed by atoms with Gasteiger partial charge in [0.2, 0.25) is 0 Å². The van der Waals surface area contributed by atoms with Gasteiger partial charge in [0.25, 0.3) is 0 Å². The van der Waals surface area contributed by atoms with Crippen LogP contribution in [0, 0.1) is 0 Å². The molecule has 0 saturated carbocycles. The molecule has 0 radical (unpaired) electrons. The van der Waals surface area contributed by atoms with Crippen molar-refractivity contribution in [1.29, 1.82) is 0 Å². The van der Waals surface area contributed by atoms with E-state index in [-0.39, 0.29) is 12.2 Å². The first kappa shape index (κ1) is 25.3. The zero-order chi connectivity index (χ0) is 25.5. The second-order valence-electron chi connectivity index (χ2n) is 7.99. The van der Waals surface area contributed by atoms with Crippen LogP contribution in [0.25, 0.3) is 21.5 Å². The van der Waals surface area contributed by atoms with Crippen molar-refractivity contribution in [2.24, 2.45) is 5.16 Å². The van der Waals surface area contributed by atoms with Crippen LogP contribution in [-0.4, -0.2) is 49.0 Å². The number of hydrogen-bond acceptors (Lipinski definition) is 6. The van der Waals surface area contributed by atoms with E-state index in [1.165, 1.54) is 7.11 Å². The molecular weight excluding hydrogens is 529 g/mol. The number of oxime groups is 1. The van der Waals surface area contributed by atoms with E-state index in [2.05, 4.69) is 25.9 Å². The first-order valence-electron chi connectivity index (χ1n) is 11.2. The Balaban J connectivity index is 1.47. The summed E-state index contributed by atoms with van der Waals surface area (Å²) in [5, 5.41) is 7.14. The number of nitrogens with zero attached hydrogens (tertiary/aromatic N) is 1. The summed E-state index contributed by atoms with van der Waals surface area (Å²) in [7, 11) is 1.27. The molecule has 36 heavy (non-hydrogen) atoms. The minimum Gasteiger partial charge on any atom is -0.461 e. The maximum Gasteiger partial charge on any atom is 0.338 e. The highest BCUT2D eigenvalue weighted by atomic mass is 79.9. The monoisotopic (exact) mass is 551 g/mol. The molecule has 0 amide bonds. The Bertz CT molecular complexity index is 1410. The van der Waals surface area contributed by atoms with E-state index in [9.17, 15) is 14.0 Å². The molecule has 0 bridgehead atoms. The second-order valence-corrected chi connectivity index (χ2v) is 9.17. The average Bonchev–Trinajstić information content (AvgIpc) is 2.92. The van der Waals surface area contributed by atoms with E-state index in [1.54, 1.807) is 30.3 Å². The van der Waals surface area contributed by atoms with Crippen LogP contribution in [0.3, 0.4) is 0 Å². The van der Waals surface area contributed by atoms with Crippen LogP contribution in [0.4, 0.5) is 4.39 Å². The number of benzene rings is 4. The maximum absolute atomic E-state index is 15.0. The molecule has 0 aliphatic heterocycles. The van der Waals surface area contributed by atoms with Gasteiger partial charge in [0.1, 0.15) is 13.7 Å². The molecule has 0 spiro atoms. The summed E-state index contributed by atoms with van der Waals surface area (Å²) in [5.74, 6) is -1.30. The summed E-state index contributed by atoms with van der Waals surface area (Å²) in [4.78, 5) is 29.2. The number of carbonyl (C=O) groups is 2. The molecule has 6 nitrogen and oxygen atoms in total. The van der Waals surface area contributed by atoms with Crippen LogP contribution in [0.1, 0.15) is 20.7 Å². The lowest BCUT2D eigenvalue weighted by molar-refractivity contribution is 0.00848. The predicted octanol–water partition coefficient (Wildman–Crippen LogP) is 6.11. The lowest BCUT2D eigenvalue weighted by Crippen LogP contribution is -2.39. The second kappa shape index (κ2) is 11.8.